The molecule has 0 unspecified atom stereocenters. The highest BCUT2D eigenvalue weighted by molar-refractivity contribution is 5.95. The number of esters is 1. The number of nitrogens with zero attached hydrogens (tertiary/aromatic N) is 4. The molecule has 0 saturated heterocycles. The number of carbonyl (C=O) groups is 1. The monoisotopic (exact) mass is 303 g/mol. The summed E-state index contributed by atoms with van der Waals surface area (Å²) in [4.78, 5) is 26.5. The number of aromatic nitrogens is 5. The Labute approximate surface area is 123 Å². The average molecular weight is 303 g/mol. The van der Waals surface area contributed by atoms with Gasteiger partial charge in [0.15, 0.2) is 11.3 Å². The minimum absolute atomic E-state index is 0.0508. The SMILES string of the molecule is COC(=O)c1cnn2c(O)c(-n3nc(C)cc3C)c(=O)[nH]c12. The third-order valence-corrected chi connectivity index (χ3v) is 3.26. The van der Waals surface area contributed by atoms with E-state index in [0.29, 0.717) is 11.4 Å². The number of aryl methyl sites for hydroxylation is 2. The molecule has 0 aliphatic heterocycles. The molecule has 2 N–H and O–H groups in total. The molecule has 114 valence electrons. The Morgan fingerprint density at radius 2 is 2.14 bits per heavy atom. The van der Waals surface area contributed by atoms with E-state index >= 15 is 0 Å². The first kappa shape index (κ1) is 13.9. The molecule has 22 heavy (non-hydrogen) atoms. The van der Waals surface area contributed by atoms with Gasteiger partial charge in [-0.15, -0.1) is 0 Å². The zero-order valence-corrected chi connectivity index (χ0v) is 12.1. The van der Waals surface area contributed by atoms with Crippen LogP contribution >= 0.6 is 0 Å². The molecule has 3 aromatic heterocycles. The highest BCUT2D eigenvalue weighted by Crippen LogP contribution is 2.21. The maximum absolute atomic E-state index is 12.3. The lowest BCUT2D eigenvalue weighted by Gasteiger charge is -2.07. The maximum Gasteiger partial charge on any atom is 0.343 e. The number of methoxy groups -OCH3 is 1. The lowest BCUT2D eigenvalue weighted by Crippen LogP contribution is -2.19. The molecule has 0 aliphatic rings. The van der Waals surface area contributed by atoms with Crippen LogP contribution in [-0.2, 0) is 4.74 Å². The average Bonchev–Trinajstić information content (AvgIpc) is 3.02. The van der Waals surface area contributed by atoms with Gasteiger partial charge in [0.1, 0.15) is 5.56 Å². The number of fused-ring (bicyclic) bond motifs is 1. The molecule has 9 nitrogen and oxygen atoms in total. The first-order valence-corrected chi connectivity index (χ1v) is 6.39. The summed E-state index contributed by atoms with van der Waals surface area (Å²) in [5.74, 6) is -1.08. The van der Waals surface area contributed by atoms with Crippen LogP contribution in [0.3, 0.4) is 0 Å². The molecule has 3 heterocycles. The molecule has 0 radical (unpaired) electrons. The van der Waals surface area contributed by atoms with Gasteiger partial charge >= 0.3 is 5.97 Å². The number of hydrogen-bond acceptors (Lipinski definition) is 6. The summed E-state index contributed by atoms with van der Waals surface area (Å²) in [5, 5.41) is 18.4. The van der Waals surface area contributed by atoms with E-state index in [-0.39, 0.29) is 16.9 Å². The van der Waals surface area contributed by atoms with Gasteiger partial charge < -0.3 is 14.8 Å². The fraction of sp³-hybridized carbons (Fsp3) is 0.231. The molecule has 3 rings (SSSR count). The second-order valence-electron chi connectivity index (χ2n) is 4.78. The number of rotatable bonds is 2. The first-order chi connectivity index (χ1) is 10.4. The van der Waals surface area contributed by atoms with Crippen molar-refractivity contribution in [3.8, 4) is 11.6 Å². The highest BCUT2D eigenvalue weighted by Gasteiger charge is 2.22. The van der Waals surface area contributed by atoms with Crippen molar-refractivity contribution in [3.05, 3.63) is 39.6 Å². The van der Waals surface area contributed by atoms with Crippen LogP contribution in [0.4, 0.5) is 0 Å². The molecule has 3 aromatic rings. The van der Waals surface area contributed by atoms with Crippen LogP contribution in [0.15, 0.2) is 17.1 Å². The van der Waals surface area contributed by atoms with Crippen molar-refractivity contribution in [3.63, 3.8) is 0 Å². The van der Waals surface area contributed by atoms with E-state index in [1.807, 2.05) is 0 Å². The van der Waals surface area contributed by atoms with Crippen molar-refractivity contribution < 1.29 is 14.6 Å². The molecule has 0 amide bonds. The van der Waals surface area contributed by atoms with Gasteiger partial charge in [0, 0.05) is 5.69 Å². The molecule has 0 atom stereocenters. The summed E-state index contributed by atoms with van der Waals surface area (Å²) < 4.78 is 6.98. The van der Waals surface area contributed by atoms with E-state index < -0.39 is 17.4 Å². The summed E-state index contributed by atoms with van der Waals surface area (Å²) in [5.41, 5.74) is 0.819. The van der Waals surface area contributed by atoms with E-state index in [1.165, 1.54) is 18.0 Å². The Morgan fingerprint density at radius 3 is 2.73 bits per heavy atom. The quantitative estimate of drug-likeness (QED) is 0.659. The van der Waals surface area contributed by atoms with Gasteiger partial charge in [-0.05, 0) is 19.9 Å². The number of ether oxygens (including phenoxy) is 1. The minimum atomic E-state index is -0.663. The van der Waals surface area contributed by atoms with Crippen LogP contribution in [0.2, 0.25) is 0 Å². The maximum atomic E-state index is 12.3. The standard InChI is InChI=1S/C13H13N5O4/c1-6-4-7(2)17(16-6)9-11(19)15-10-8(13(21)22-3)5-14-18(10)12(9)20/h4-5,20H,1-3H3,(H,15,19). The number of H-pyrrole nitrogens is 1. The van der Waals surface area contributed by atoms with Crippen LogP contribution < -0.4 is 5.56 Å². The third-order valence-electron chi connectivity index (χ3n) is 3.26. The van der Waals surface area contributed by atoms with Crippen molar-refractivity contribution in [1.29, 1.82) is 0 Å². The van der Waals surface area contributed by atoms with Crippen LogP contribution in [0.1, 0.15) is 21.7 Å². The molecule has 0 bridgehead atoms. The van der Waals surface area contributed by atoms with E-state index in [9.17, 15) is 14.7 Å². The zero-order chi connectivity index (χ0) is 16.0. The second-order valence-corrected chi connectivity index (χ2v) is 4.78. The van der Waals surface area contributed by atoms with Gasteiger partial charge in [0.2, 0.25) is 5.88 Å². The lowest BCUT2D eigenvalue weighted by atomic mass is 10.3. The fourth-order valence-electron chi connectivity index (χ4n) is 2.30. The number of hydrogen-bond donors (Lipinski definition) is 2. The molecule has 0 spiro atoms. The van der Waals surface area contributed by atoms with Crippen LogP contribution in [0, 0.1) is 13.8 Å². The topological polar surface area (TPSA) is 115 Å². The Bertz CT molecular complexity index is 949. The summed E-state index contributed by atoms with van der Waals surface area (Å²) >= 11 is 0. The predicted molar refractivity (Wildman–Crippen MR) is 75.4 cm³/mol. The number of aromatic hydroxyl groups is 1. The third kappa shape index (κ3) is 1.86. The minimum Gasteiger partial charge on any atom is -0.492 e. The summed E-state index contributed by atoms with van der Waals surface area (Å²) in [6.07, 6.45) is 1.21. The van der Waals surface area contributed by atoms with Crippen molar-refractivity contribution in [2.24, 2.45) is 0 Å². The Kier molecular flexibility index (Phi) is 2.98. The zero-order valence-electron chi connectivity index (χ0n) is 12.1. The van der Waals surface area contributed by atoms with Gasteiger partial charge in [-0.3, -0.25) is 4.79 Å². The fourth-order valence-corrected chi connectivity index (χ4v) is 2.30. The Balaban J connectivity index is 2.33. The van der Waals surface area contributed by atoms with Gasteiger partial charge in [-0.1, -0.05) is 0 Å². The normalized spacial score (nSPS) is 11.0. The molecule has 0 aromatic carbocycles. The van der Waals surface area contributed by atoms with Crippen LogP contribution in [0.5, 0.6) is 5.88 Å². The van der Waals surface area contributed by atoms with E-state index in [1.54, 1.807) is 19.9 Å². The van der Waals surface area contributed by atoms with Crippen LogP contribution in [-0.4, -0.2) is 42.6 Å². The van der Waals surface area contributed by atoms with Gasteiger partial charge in [-0.2, -0.15) is 14.7 Å². The van der Waals surface area contributed by atoms with Gasteiger partial charge in [-0.25, -0.2) is 9.48 Å². The van der Waals surface area contributed by atoms with Crippen molar-refractivity contribution in [2.45, 2.75) is 13.8 Å². The summed E-state index contributed by atoms with van der Waals surface area (Å²) in [6.45, 7) is 3.53. The second kappa shape index (κ2) is 4.72. The molecule has 0 aliphatic carbocycles. The number of nitrogens with one attached hydrogen (secondary N) is 1. The van der Waals surface area contributed by atoms with E-state index in [2.05, 4.69) is 19.9 Å². The lowest BCUT2D eigenvalue weighted by molar-refractivity contribution is 0.0602. The molecular formula is C13H13N5O4. The van der Waals surface area contributed by atoms with Crippen molar-refractivity contribution in [1.82, 2.24) is 24.4 Å². The Morgan fingerprint density at radius 1 is 1.41 bits per heavy atom. The molecular weight excluding hydrogens is 290 g/mol. The van der Waals surface area contributed by atoms with E-state index in [4.69, 9.17) is 0 Å². The first-order valence-electron chi connectivity index (χ1n) is 6.39. The predicted octanol–water partition coefficient (Wildman–Crippen LogP) is 0.317. The van der Waals surface area contributed by atoms with Crippen molar-refractivity contribution in [2.75, 3.05) is 7.11 Å². The molecule has 9 heteroatoms. The van der Waals surface area contributed by atoms with Crippen LogP contribution in [0.25, 0.3) is 11.3 Å². The number of carbonyl (C=O) groups excluding carboxylic acids is 1. The van der Waals surface area contributed by atoms with Gasteiger partial charge in [0.25, 0.3) is 5.56 Å². The van der Waals surface area contributed by atoms with Crippen molar-refractivity contribution >= 4 is 11.6 Å². The highest BCUT2D eigenvalue weighted by atomic mass is 16.5. The smallest absolute Gasteiger partial charge is 0.343 e. The number of aromatic amines is 1. The summed E-state index contributed by atoms with van der Waals surface area (Å²) in [6, 6.07) is 1.77. The molecule has 0 fully saturated rings. The van der Waals surface area contributed by atoms with E-state index in [0.717, 1.165) is 4.52 Å². The Hall–Kier alpha value is -3.10. The largest absolute Gasteiger partial charge is 0.492 e. The molecule has 0 saturated carbocycles. The van der Waals surface area contributed by atoms with Gasteiger partial charge in [0.05, 0.1) is 19.0 Å². The summed E-state index contributed by atoms with van der Waals surface area (Å²) in [7, 11) is 1.22.